The fourth-order valence-electron chi connectivity index (χ4n) is 3.18. The van der Waals surface area contributed by atoms with E-state index in [1.165, 1.54) is 0 Å². The molecule has 0 heterocycles. The van der Waals surface area contributed by atoms with Crippen molar-refractivity contribution in [1.29, 1.82) is 0 Å². The molecule has 4 N–H and O–H groups in total. The van der Waals surface area contributed by atoms with Crippen LogP contribution in [-0.4, -0.2) is 10.2 Å². The monoisotopic (exact) mass is 529 g/mol. The van der Waals surface area contributed by atoms with Crippen molar-refractivity contribution in [3.05, 3.63) is 89.0 Å². The Hall–Kier alpha value is -4.68. The van der Waals surface area contributed by atoms with E-state index in [0.29, 0.717) is 0 Å². The van der Waals surface area contributed by atoms with E-state index in [9.17, 15) is 45.3 Å². The van der Waals surface area contributed by atoms with Crippen LogP contribution in [0.1, 0.15) is 0 Å². The highest BCUT2D eigenvalue weighted by molar-refractivity contribution is 5.69. The van der Waals surface area contributed by atoms with Crippen LogP contribution in [0.3, 0.4) is 0 Å². The maximum Gasteiger partial charge on any atom is 0.205 e. The average Bonchev–Trinajstić information content (AvgIpc) is 2.87. The molecule has 37 heavy (non-hydrogen) atoms. The lowest BCUT2D eigenvalue weighted by atomic mass is 10.0. The third-order valence-corrected chi connectivity index (χ3v) is 4.97. The minimum Gasteiger partial charge on any atom is -0.508 e. The van der Waals surface area contributed by atoms with Gasteiger partial charge in [0.15, 0.2) is 23.3 Å². The summed E-state index contributed by atoms with van der Waals surface area (Å²) in [7, 11) is 0. The molecule has 0 aliphatic heterocycles. The van der Waals surface area contributed by atoms with Crippen molar-refractivity contribution in [3.63, 3.8) is 0 Å². The second kappa shape index (κ2) is 9.41. The summed E-state index contributed by atoms with van der Waals surface area (Å²) in [5.74, 6) is -24.2. The number of halogens is 8. The molecule has 0 aliphatic carbocycles. The van der Waals surface area contributed by atoms with Crippen molar-refractivity contribution in [1.82, 2.24) is 0 Å². The van der Waals surface area contributed by atoms with Crippen LogP contribution in [0.25, 0.3) is 11.1 Å². The smallest absolute Gasteiger partial charge is 0.205 e. The standard InChI is InChI=1S/C24H11F8NO4/c25-15-13(16(26)20(30)23(19(15)29)36-9-3-1-8(34)2-4-9)14-17(27)21(31)24(22(32)18(14)28)37-10-5-6-11(33)12(35)7-10/h1-7,34-35H,33H2. The van der Waals surface area contributed by atoms with Crippen LogP contribution in [0.4, 0.5) is 40.8 Å². The third-order valence-electron chi connectivity index (χ3n) is 4.97. The van der Waals surface area contributed by atoms with Gasteiger partial charge in [-0.2, -0.15) is 17.6 Å². The number of nitrogens with two attached hydrogens (primary N) is 1. The normalized spacial score (nSPS) is 11.0. The van der Waals surface area contributed by atoms with Crippen LogP contribution < -0.4 is 15.2 Å². The molecule has 5 nitrogen and oxygen atoms in total. The maximum absolute atomic E-state index is 14.8. The summed E-state index contributed by atoms with van der Waals surface area (Å²) in [5, 5.41) is 18.8. The molecule has 0 saturated carbocycles. The van der Waals surface area contributed by atoms with Gasteiger partial charge >= 0.3 is 0 Å². The fraction of sp³-hybridized carbons (Fsp3) is 0. The molecule has 0 aliphatic rings. The topological polar surface area (TPSA) is 84.9 Å². The van der Waals surface area contributed by atoms with E-state index in [1.54, 1.807) is 0 Å². The summed E-state index contributed by atoms with van der Waals surface area (Å²) < 4.78 is 127. The van der Waals surface area contributed by atoms with Crippen LogP contribution in [0.15, 0.2) is 42.5 Å². The summed E-state index contributed by atoms with van der Waals surface area (Å²) in [5.41, 5.74) is 0.985. The van der Waals surface area contributed by atoms with Gasteiger partial charge < -0.3 is 25.4 Å². The molecule has 0 spiro atoms. The largest absolute Gasteiger partial charge is 0.508 e. The molecule has 0 atom stereocenters. The predicted molar refractivity (Wildman–Crippen MR) is 112 cm³/mol. The predicted octanol–water partition coefficient (Wildman–Crippen LogP) is 7.04. The van der Waals surface area contributed by atoms with E-state index in [-0.39, 0.29) is 11.4 Å². The summed E-state index contributed by atoms with van der Waals surface area (Å²) in [6, 6.07) is 6.71. The quantitative estimate of drug-likeness (QED) is 0.112. The van der Waals surface area contributed by atoms with Crippen LogP contribution >= 0.6 is 0 Å². The van der Waals surface area contributed by atoms with Gasteiger partial charge in [-0.3, -0.25) is 0 Å². The second-order valence-corrected chi connectivity index (χ2v) is 7.34. The molecular weight excluding hydrogens is 518 g/mol. The van der Waals surface area contributed by atoms with Crippen LogP contribution in [-0.2, 0) is 0 Å². The number of benzene rings is 4. The average molecular weight is 529 g/mol. The van der Waals surface area contributed by atoms with Gasteiger partial charge in [0.2, 0.25) is 34.8 Å². The lowest BCUT2D eigenvalue weighted by Gasteiger charge is -2.16. The van der Waals surface area contributed by atoms with Gasteiger partial charge in [-0.05, 0) is 36.4 Å². The number of rotatable bonds is 5. The number of nitrogen functional groups attached to an aromatic ring is 1. The van der Waals surface area contributed by atoms with Gasteiger partial charge in [0.1, 0.15) is 23.0 Å². The summed E-state index contributed by atoms with van der Waals surface area (Å²) >= 11 is 0. The SMILES string of the molecule is Nc1ccc(Oc2c(F)c(F)c(-c3c(F)c(F)c(Oc4ccc(O)cc4)c(F)c3F)c(F)c2F)cc1O. The lowest BCUT2D eigenvalue weighted by molar-refractivity contribution is 0.359. The van der Waals surface area contributed by atoms with Gasteiger partial charge in [-0.1, -0.05) is 0 Å². The molecule has 0 saturated heterocycles. The van der Waals surface area contributed by atoms with Crippen molar-refractivity contribution in [2.45, 2.75) is 0 Å². The zero-order valence-corrected chi connectivity index (χ0v) is 17.9. The molecule has 13 heteroatoms. The Morgan fingerprint density at radius 3 is 1.30 bits per heavy atom. The number of phenols is 2. The summed E-state index contributed by atoms with van der Waals surface area (Å²) in [6.45, 7) is 0. The Morgan fingerprint density at radius 2 is 0.892 bits per heavy atom. The highest BCUT2D eigenvalue weighted by Crippen LogP contribution is 2.43. The molecule has 4 aromatic carbocycles. The van der Waals surface area contributed by atoms with Crippen molar-refractivity contribution in [2.24, 2.45) is 0 Å². The highest BCUT2D eigenvalue weighted by atomic mass is 19.2. The first-order valence-corrected chi connectivity index (χ1v) is 9.87. The van der Waals surface area contributed by atoms with Gasteiger partial charge in [0, 0.05) is 6.07 Å². The number of phenolic OH excluding ortho intramolecular Hbond substituents is 2. The van der Waals surface area contributed by atoms with E-state index >= 15 is 0 Å². The van der Waals surface area contributed by atoms with Crippen molar-refractivity contribution in [3.8, 4) is 45.6 Å². The second-order valence-electron chi connectivity index (χ2n) is 7.34. The molecular formula is C24H11F8NO4. The molecule has 0 fully saturated rings. The zero-order chi connectivity index (χ0) is 27.2. The first-order valence-electron chi connectivity index (χ1n) is 9.87. The molecule has 192 valence electrons. The van der Waals surface area contributed by atoms with Crippen molar-refractivity contribution < 1.29 is 54.8 Å². The minimum atomic E-state index is -2.45. The Kier molecular flexibility index (Phi) is 6.46. The number of hydrogen-bond donors (Lipinski definition) is 3. The van der Waals surface area contributed by atoms with E-state index in [1.807, 2.05) is 0 Å². The summed E-state index contributed by atoms with van der Waals surface area (Å²) in [6.07, 6.45) is 0. The van der Waals surface area contributed by atoms with Crippen LogP contribution in [0.5, 0.6) is 34.5 Å². The maximum atomic E-state index is 14.8. The van der Waals surface area contributed by atoms with E-state index < -0.39 is 86.4 Å². The lowest BCUT2D eigenvalue weighted by Crippen LogP contribution is -2.09. The van der Waals surface area contributed by atoms with Crippen molar-refractivity contribution in [2.75, 3.05) is 5.73 Å². The minimum absolute atomic E-state index is 0.172. The molecule has 4 aromatic rings. The highest BCUT2D eigenvalue weighted by Gasteiger charge is 2.35. The molecule has 0 bridgehead atoms. The first-order chi connectivity index (χ1) is 17.4. The van der Waals surface area contributed by atoms with E-state index in [2.05, 4.69) is 0 Å². The van der Waals surface area contributed by atoms with Gasteiger partial charge in [0.05, 0.1) is 16.8 Å². The van der Waals surface area contributed by atoms with E-state index in [0.717, 1.165) is 42.5 Å². The zero-order valence-electron chi connectivity index (χ0n) is 17.9. The van der Waals surface area contributed by atoms with Crippen LogP contribution in [0.2, 0.25) is 0 Å². The molecule has 0 amide bonds. The molecule has 0 aromatic heterocycles. The summed E-state index contributed by atoms with van der Waals surface area (Å²) in [4.78, 5) is 0. The fourth-order valence-corrected chi connectivity index (χ4v) is 3.18. The number of anilines is 1. The number of ether oxygens (including phenoxy) is 2. The third kappa shape index (κ3) is 4.39. The molecule has 4 rings (SSSR count). The Labute approximate surface area is 201 Å². The number of aromatic hydroxyl groups is 2. The van der Waals surface area contributed by atoms with Gasteiger partial charge in [-0.15, -0.1) is 0 Å². The van der Waals surface area contributed by atoms with Gasteiger partial charge in [0.25, 0.3) is 0 Å². The molecule has 0 unspecified atom stereocenters. The van der Waals surface area contributed by atoms with Gasteiger partial charge in [-0.25, -0.2) is 17.6 Å². The van der Waals surface area contributed by atoms with E-state index in [4.69, 9.17) is 15.2 Å². The Balaban J connectivity index is 1.85. The Bertz CT molecular complexity index is 1490. The number of hydrogen-bond acceptors (Lipinski definition) is 5. The molecule has 0 radical (unpaired) electrons. The van der Waals surface area contributed by atoms with Crippen molar-refractivity contribution >= 4 is 5.69 Å². The van der Waals surface area contributed by atoms with Crippen LogP contribution in [0, 0.1) is 46.5 Å². The first kappa shape index (κ1) is 25.4. The Morgan fingerprint density at radius 1 is 0.514 bits per heavy atom.